The summed E-state index contributed by atoms with van der Waals surface area (Å²) in [7, 11) is 1.32. The molecule has 0 aliphatic carbocycles. The van der Waals surface area contributed by atoms with Crippen LogP contribution in [-0.4, -0.2) is 30.9 Å². The van der Waals surface area contributed by atoms with E-state index in [9.17, 15) is 9.18 Å². The van der Waals surface area contributed by atoms with E-state index in [0.717, 1.165) is 6.07 Å². The van der Waals surface area contributed by atoms with Crippen molar-refractivity contribution in [1.29, 1.82) is 5.26 Å². The first-order valence-corrected chi connectivity index (χ1v) is 4.67. The van der Waals surface area contributed by atoms with Gasteiger partial charge in [0.25, 0.3) is 0 Å². The van der Waals surface area contributed by atoms with Crippen molar-refractivity contribution in [3.63, 3.8) is 0 Å². The summed E-state index contributed by atoms with van der Waals surface area (Å²) in [4.78, 5) is 10.8. The molecule has 0 fully saturated rings. The zero-order valence-corrected chi connectivity index (χ0v) is 9.01. The molecule has 5 nitrogen and oxygen atoms in total. The highest BCUT2D eigenvalue weighted by molar-refractivity contribution is 5.73. The van der Waals surface area contributed by atoms with Gasteiger partial charge in [0.05, 0.1) is 6.61 Å². The van der Waals surface area contributed by atoms with Gasteiger partial charge in [0.1, 0.15) is 23.2 Å². The molecular formula is C11H10FNO4. The molecule has 1 rings (SSSR count). The van der Waals surface area contributed by atoms with Gasteiger partial charge >= 0.3 is 5.97 Å². The van der Waals surface area contributed by atoms with Crippen molar-refractivity contribution >= 4 is 5.97 Å². The molecular weight excluding hydrogens is 229 g/mol. The van der Waals surface area contributed by atoms with Crippen LogP contribution in [-0.2, 0) is 9.53 Å². The van der Waals surface area contributed by atoms with Gasteiger partial charge < -0.3 is 14.6 Å². The van der Waals surface area contributed by atoms with Gasteiger partial charge in [-0.2, -0.15) is 5.26 Å². The van der Waals surface area contributed by atoms with Crippen LogP contribution in [0, 0.1) is 17.1 Å². The molecule has 1 aromatic carbocycles. The summed E-state index contributed by atoms with van der Waals surface area (Å²) in [6.07, 6.45) is -1.28. The number of benzene rings is 1. The van der Waals surface area contributed by atoms with E-state index in [0.29, 0.717) is 0 Å². The number of carbonyl (C=O) groups is 1. The SMILES string of the molecule is COCC(Oc1cccc(F)c1C#N)C(=O)O. The second-order valence-corrected chi connectivity index (χ2v) is 3.12. The van der Waals surface area contributed by atoms with Crippen molar-refractivity contribution < 1.29 is 23.8 Å². The lowest BCUT2D eigenvalue weighted by molar-refractivity contribution is -0.147. The minimum absolute atomic E-state index is 0.114. The number of carboxylic acids is 1. The molecule has 0 radical (unpaired) electrons. The summed E-state index contributed by atoms with van der Waals surface area (Å²) in [6, 6.07) is 5.37. The van der Waals surface area contributed by atoms with Crippen molar-refractivity contribution in [2.24, 2.45) is 0 Å². The first-order chi connectivity index (χ1) is 8.10. The molecule has 1 N–H and O–H groups in total. The minimum atomic E-state index is -1.28. The van der Waals surface area contributed by atoms with Gasteiger partial charge in [0.2, 0.25) is 6.10 Å². The Balaban J connectivity index is 2.97. The summed E-state index contributed by atoms with van der Waals surface area (Å²) in [5, 5.41) is 17.5. The van der Waals surface area contributed by atoms with E-state index in [1.165, 1.54) is 19.2 Å². The molecule has 1 atom stereocenters. The predicted octanol–water partition coefficient (Wildman–Crippen LogP) is 1.18. The lowest BCUT2D eigenvalue weighted by atomic mass is 10.2. The molecule has 0 aliphatic rings. The van der Waals surface area contributed by atoms with Gasteiger partial charge in [0.15, 0.2) is 0 Å². The standard InChI is InChI=1S/C11H10FNO4/c1-16-6-10(11(14)15)17-9-4-2-3-8(12)7(9)5-13/h2-4,10H,6H2,1H3,(H,14,15). The van der Waals surface area contributed by atoms with Gasteiger partial charge in [-0.1, -0.05) is 6.07 Å². The smallest absolute Gasteiger partial charge is 0.347 e. The second kappa shape index (κ2) is 5.82. The molecule has 0 heterocycles. The zero-order valence-electron chi connectivity index (χ0n) is 9.01. The molecule has 0 amide bonds. The van der Waals surface area contributed by atoms with E-state index in [4.69, 9.17) is 15.1 Å². The Hall–Kier alpha value is -2.13. The Bertz CT molecular complexity index is 455. The average molecular weight is 239 g/mol. The van der Waals surface area contributed by atoms with Crippen LogP contribution in [0.5, 0.6) is 5.75 Å². The molecule has 0 bridgehead atoms. The molecule has 0 saturated carbocycles. The normalized spacial score (nSPS) is 11.6. The van der Waals surface area contributed by atoms with E-state index < -0.39 is 17.9 Å². The number of methoxy groups -OCH3 is 1. The number of hydrogen-bond donors (Lipinski definition) is 1. The Morgan fingerprint density at radius 2 is 2.35 bits per heavy atom. The fraction of sp³-hybridized carbons (Fsp3) is 0.273. The van der Waals surface area contributed by atoms with Crippen LogP contribution in [0.1, 0.15) is 5.56 Å². The van der Waals surface area contributed by atoms with Crippen molar-refractivity contribution in [3.8, 4) is 11.8 Å². The number of ether oxygens (including phenoxy) is 2. The summed E-state index contributed by atoms with van der Waals surface area (Å²) in [5.74, 6) is -2.12. The maximum atomic E-state index is 13.2. The van der Waals surface area contributed by atoms with E-state index in [-0.39, 0.29) is 17.9 Å². The third-order valence-corrected chi connectivity index (χ3v) is 1.95. The highest BCUT2D eigenvalue weighted by Crippen LogP contribution is 2.21. The first kappa shape index (κ1) is 12.9. The minimum Gasteiger partial charge on any atom is -0.478 e. The quantitative estimate of drug-likeness (QED) is 0.834. The number of hydrogen-bond acceptors (Lipinski definition) is 4. The number of nitrogens with zero attached hydrogens (tertiary/aromatic N) is 1. The Morgan fingerprint density at radius 3 is 2.88 bits per heavy atom. The highest BCUT2D eigenvalue weighted by atomic mass is 19.1. The maximum Gasteiger partial charge on any atom is 0.347 e. The lowest BCUT2D eigenvalue weighted by Crippen LogP contribution is -2.31. The zero-order chi connectivity index (χ0) is 12.8. The third-order valence-electron chi connectivity index (χ3n) is 1.95. The van der Waals surface area contributed by atoms with Crippen molar-refractivity contribution in [2.75, 3.05) is 13.7 Å². The van der Waals surface area contributed by atoms with Gasteiger partial charge in [-0.3, -0.25) is 0 Å². The summed E-state index contributed by atoms with van der Waals surface area (Å²) < 4.78 is 22.9. The summed E-state index contributed by atoms with van der Waals surface area (Å²) in [6.45, 7) is -0.198. The Labute approximate surface area is 97.0 Å². The third kappa shape index (κ3) is 3.16. The van der Waals surface area contributed by atoms with E-state index in [2.05, 4.69) is 4.74 Å². The molecule has 0 aliphatic heterocycles. The summed E-state index contributed by atoms with van der Waals surface area (Å²) in [5.41, 5.74) is -0.324. The average Bonchev–Trinajstić information content (AvgIpc) is 2.28. The van der Waals surface area contributed by atoms with Crippen LogP contribution in [0.25, 0.3) is 0 Å². The lowest BCUT2D eigenvalue weighted by Gasteiger charge is -2.15. The van der Waals surface area contributed by atoms with E-state index in [1.807, 2.05) is 0 Å². The second-order valence-electron chi connectivity index (χ2n) is 3.12. The van der Waals surface area contributed by atoms with Gasteiger partial charge in [-0.25, -0.2) is 9.18 Å². The highest BCUT2D eigenvalue weighted by Gasteiger charge is 2.21. The van der Waals surface area contributed by atoms with Crippen LogP contribution in [0.4, 0.5) is 4.39 Å². The van der Waals surface area contributed by atoms with Crippen LogP contribution in [0.2, 0.25) is 0 Å². The van der Waals surface area contributed by atoms with Crippen molar-refractivity contribution in [2.45, 2.75) is 6.10 Å². The monoisotopic (exact) mass is 239 g/mol. The molecule has 0 spiro atoms. The molecule has 17 heavy (non-hydrogen) atoms. The van der Waals surface area contributed by atoms with Crippen LogP contribution < -0.4 is 4.74 Å². The molecule has 0 aromatic heterocycles. The maximum absolute atomic E-state index is 13.2. The van der Waals surface area contributed by atoms with Crippen LogP contribution in [0.3, 0.4) is 0 Å². The van der Waals surface area contributed by atoms with Gasteiger partial charge in [0, 0.05) is 7.11 Å². The fourth-order valence-corrected chi connectivity index (χ4v) is 1.17. The summed E-state index contributed by atoms with van der Waals surface area (Å²) >= 11 is 0. The van der Waals surface area contributed by atoms with E-state index in [1.54, 1.807) is 6.07 Å². The van der Waals surface area contributed by atoms with E-state index >= 15 is 0 Å². The van der Waals surface area contributed by atoms with Crippen LogP contribution in [0.15, 0.2) is 18.2 Å². The first-order valence-electron chi connectivity index (χ1n) is 4.67. The molecule has 1 aromatic rings. The number of carboxylic acid groups (broad SMARTS) is 1. The van der Waals surface area contributed by atoms with Gasteiger partial charge in [-0.05, 0) is 12.1 Å². The predicted molar refractivity (Wildman–Crippen MR) is 55.0 cm³/mol. The molecule has 6 heteroatoms. The fourth-order valence-electron chi connectivity index (χ4n) is 1.17. The topological polar surface area (TPSA) is 79.5 Å². The molecule has 90 valence electrons. The van der Waals surface area contributed by atoms with Crippen LogP contribution >= 0.6 is 0 Å². The Morgan fingerprint density at radius 1 is 1.65 bits per heavy atom. The Kier molecular flexibility index (Phi) is 4.43. The number of aliphatic carboxylic acids is 1. The van der Waals surface area contributed by atoms with Crippen molar-refractivity contribution in [1.82, 2.24) is 0 Å². The largest absolute Gasteiger partial charge is 0.478 e. The molecule has 1 unspecified atom stereocenters. The van der Waals surface area contributed by atoms with Crippen molar-refractivity contribution in [3.05, 3.63) is 29.6 Å². The number of nitriles is 1. The molecule has 0 saturated heterocycles. The number of halogens is 1. The number of rotatable bonds is 5. The van der Waals surface area contributed by atoms with Gasteiger partial charge in [-0.15, -0.1) is 0 Å².